The van der Waals surface area contributed by atoms with Gasteiger partial charge < -0.3 is 0 Å². The summed E-state index contributed by atoms with van der Waals surface area (Å²) in [7, 11) is 1.41. The first-order chi connectivity index (χ1) is 13.6. The standard InChI is InChI=1S/C21H17NO3SSe2/c1-3-22-15-12-13(23)4-9-18(15)28-20(22)11-6-14-5-10-19(27-14)16-7-8-17(26-16)21(24)25-2/h4-12H,3H2,1-2H3/p+1/b11-6+. The van der Waals surface area contributed by atoms with Crippen LogP contribution in [0.3, 0.4) is 0 Å². The maximum atomic E-state index is 11.7. The number of hydrogen-bond donors (Lipinski definition) is 1. The third-order valence-electron chi connectivity index (χ3n) is 4.28. The van der Waals surface area contributed by atoms with Gasteiger partial charge in [-0.2, -0.15) is 0 Å². The molecule has 0 bridgehead atoms. The van der Waals surface area contributed by atoms with Gasteiger partial charge >= 0.3 is 179 Å². The molecule has 0 saturated heterocycles. The van der Waals surface area contributed by atoms with E-state index >= 15 is 0 Å². The number of esters is 1. The number of aromatic hydroxyl groups is 1. The molecule has 0 saturated carbocycles. The third-order valence-corrected chi connectivity index (χ3v) is 10.3. The van der Waals surface area contributed by atoms with Crippen molar-refractivity contribution in [1.29, 1.82) is 0 Å². The Hall–Kier alpha value is -1.88. The van der Waals surface area contributed by atoms with Crippen molar-refractivity contribution < 1.29 is 19.2 Å². The summed E-state index contributed by atoms with van der Waals surface area (Å²) in [6.07, 6.45) is 4.43. The van der Waals surface area contributed by atoms with Crippen LogP contribution in [-0.2, 0) is 11.3 Å². The second-order valence-electron chi connectivity index (χ2n) is 6.03. The molecule has 4 rings (SSSR count). The first-order valence-corrected chi connectivity index (χ1v) is 12.9. The molecular formula is C21H18NO3SSe2+. The van der Waals surface area contributed by atoms with Crippen molar-refractivity contribution in [3.05, 3.63) is 56.3 Å². The Labute approximate surface area is 178 Å². The molecule has 0 unspecified atom stereocenters. The molecule has 142 valence electrons. The first-order valence-electron chi connectivity index (χ1n) is 8.71. The number of phenols is 1. The predicted molar refractivity (Wildman–Crippen MR) is 115 cm³/mol. The van der Waals surface area contributed by atoms with Crippen molar-refractivity contribution in [1.82, 2.24) is 0 Å². The molecule has 4 aromatic rings. The van der Waals surface area contributed by atoms with Gasteiger partial charge in [-0.25, -0.2) is 0 Å². The molecule has 28 heavy (non-hydrogen) atoms. The molecule has 1 aromatic carbocycles. The van der Waals surface area contributed by atoms with Crippen molar-refractivity contribution in [2.75, 3.05) is 7.11 Å². The zero-order chi connectivity index (χ0) is 19.7. The normalized spacial score (nSPS) is 11.5. The molecular weight excluding hydrogens is 504 g/mol. The molecule has 7 heteroatoms. The van der Waals surface area contributed by atoms with Crippen LogP contribution in [0.5, 0.6) is 5.75 Å². The number of phenolic OH excluding ortho intramolecular Hbond substituents is 1. The van der Waals surface area contributed by atoms with Crippen molar-refractivity contribution in [2.45, 2.75) is 13.5 Å². The number of carbonyl (C=O) groups excluding carboxylic acids is 1. The molecule has 0 fully saturated rings. The summed E-state index contributed by atoms with van der Waals surface area (Å²) in [6, 6.07) is 13.8. The topological polar surface area (TPSA) is 50.4 Å². The number of methoxy groups -OCH3 is 1. The third kappa shape index (κ3) is 3.82. The fourth-order valence-electron chi connectivity index (χ4n) is 2.95. The van der Waals surface area contributed by atoms with E-state index in [0.29, 0.717) is 10.6 Å². The van der Waals surface area contributed by atoms with E-state index in [-0.39, 0.29) is 35.0 Å². The Morgan fingerprint density at radius 2 is 2.04 bits per heavy atom. The summed E-state index contributed by atoms with van der Waals surface area (Å²) in [5.41, 5.74) is 1.13. The second kappa shape index (κ2) is 8.24. The predicted octanol–water partition coefficient (Wildman–Crippen LogP) is 3.65. The van der Waals surface area contributed by atoms with E-state index in [1.54, 1.807) is 6.07 Å². The fourth-order valence-corrected chi connectivity index (χ4v) is 8.34. The van der Waals surface area contributed by atoms with Gasteiger partial charge in [-0.3, -0.25) is 0 Å². The van der Waals surface area contributed by atoms with E-state index in [9.17, 15) is 9.90 Å². The molecule has 0 radical (unpaired) electrons. The second-order valence-corrected chi connectivity index (χ2v) is 11.7. The zero-order valence-electron chi connectivity index (χ0n) is 15.3. The van der Waals surface area contributed by atoms with Crippen molar-refractivity contribution in [2.24, 2.45) is 0 Å². The SMILES string of the molecule is CC[n+]1c(/C=C/c2ccc(-c3ccc(C(=O)OC)s3)[se]2)[se]c2ccc(O)cc21. The van der Waals surface area contributed by atoms with Crippen LogP contribution in [0.2, 0.25) is 0 Å². The molecule has 0 spiro atoms. The Balaban J connectivity index is 1.60. The maximum absolute atomic E-state index is 11.7. The van der Waals surface area contributed by atoms with Gasteiger partial charge in [0.25, 0.3) is 0 Å². The Bertz CT molecular complexity index is 1190. The van der Waals surface area contributed by atoms with Gasteiger partial charge in [-0.05, 0) is 0 Å². The van der Waals surface area contributed by atoms with Gasteiger partial charge in [0.2, 0.25) is 0 Å². The van der Waals surface area contributed by atoms with Crippen LogP contribution < -0.4 is 4.57 Å². The van der Waals surface area contributed by atoms with Gasteiger partial charge in [0.05, 0.1) is 0 Å². The summed E-state index contributed by atoms with van der Waals surface area (Å²) in [6.45, 7) is 3.02. The molecule has 0 atom stereocenters. The van der Waals surface area contributed by atoms with Crippen LogP contribution in [0.25, 0.3) is 31.2 Å². The number of aryl methyl sites for hydroxylation is 1. The van der Waals surface area contributed by atoms with Gasteiger partial charge in [-0.15, -0.1) is 0 Å². The molecule has 3 aromatic heterocycles. The van der Waals surface area contributed by atoms with Gasteiger partial charge in [0, 0.05) is 0 Å². The number of ether oxygens (including phenoxy) is 1. The van der Waals surface area contributed by atoms with E-state index in [2.05, 4.69) is 35.8 Å². The summed E-state index contributed by atoms with van der Waals surface area (Å²) in [4.78, 5) is 13.4. The summed E-state index contributed by atoms with van der Waals surface area (Å²) >= 11 is 1.96. The number of nitrogens with zero attached hydrogens (tertiary/aromatic N) is 1. The Morgan fingerprint density at radius 1 is 1.18 bits per heavy atom. The van der Waals surface area contributed by atoms with Crippen LogP contribution in [0.4, 0.5) is 0 Å². The fraction of sp³-hybridized carbons (Fsp3) is 0.143. The molecule has 0 aliphatic heterocycles. The Morgan fingerprint density at radius 3 is 2.82 bits per heavy atom. The number of carbonyl (C=O) groups is 1. The van der Waals surface area contributed by atoms with Gasteiger partial charge in [0.1, 0.15) is 0 Å². The first kappa shape index (κ1) is 19.4. The van der Waals surface area contributed by atoms with Crippen LogP contribution in [0.15, 0.2) is 42.5 Å². The molecule has 1 N–H and O–H groups in total. The number of aromatic nitrogens is 1. The average Bonchev–Trinajstić information content (AvgIpc) is 3.42. The zero-order valence-corrected chi connectivity index (χ0v) is 19.6. The van der Waals surface area contributed by atoms with Crippen molar-refractivity contribution in [3.8, 4) is 15.1 Å². The van der Waals surface area contributed by atoms with E-state index < -0.39 is 0 Å². The summed E-state index contributed by atoms with van der Waals surface area (Å²) in [5, 5.41) is 9.80. The number of thiophene rings is 1. The molecule has 0 amide bonds. The molecule has 0 aliphatic rings. The van der Waals surface area contributed by atoms with Crippen LogP contribution >= 0.6 is 11.3 Å². The molecule has 0 aliphatic carbocycles. The van der Waals surface area contributed by atoms with Crippen LogP contribution in [0.1, 0.15) is 25.6 Å². The number of benzene rings is 1. The summed E-state index contributed by atoms with van der Waals surface area (Å²) < 4.78 is 12.3. The average molecular weight is 522 g/mol. The van der Waals surface area contributed by atoms with Gasteiger partial charge in [-0.1, -0.05) is 0 Å². The number of fused-ring (bicyclic) bond motifs is 1. The van der Waals surface area contributed by atoms with E-state index in [1.165, 1.54) is 36.1 Å². The van der Waals surface area contributed by atoms with E-state index in [4.69, 9.17) is 4.74 Å². The molecule has 4 nitrogen and oxygen atoms in total. The summed E-state index contributed by atoms with van der Waals surface area (Å²) in [5.74, 6) is 0.0386. The minimum atomic E-state index is -0.277. The van der Waals surface area contributed by atoms with E-state index in [1.807, 2.05) is 24.3 Å². The number of hydrogen-bond acceptors (Lipinski definition) is 4. The van der Waals surface area contributed by atoms with Crippen LogP contribution in [-0.4, -0.2) is 47.2 Å². The van der Waals surface area contributed by atoms with Gasteiger partial charge in [0.15, 0.2) is 0 Å². The number of rotatable bonds is 5. The minimum absolute atomic E-state index is 0.225. The van der Waals surface area contributed by atoms with E-state index in [0.717, 1.165) is 16.9 Å². The van der Waals surface area contributed by atoms with Crippen molar-refractivity contribution >= 4 is 68.2 Å². The van der Waals surface area contributed by atoms with Crippen molar-refractivity contribution in [3.63, 3.8) is 0 Å². The quantitative estimate of drug-likeness (QED) is 0.248. The Kier molecular flexibility index (Phi) is 5.72. The monoisotopic (exact) mass is 524 g/mol. The van der Waals surface area contributed by atoms with Crippen LogP contribution in [0, 0.1) is 0 Å². The molecule has 3 heterocycles.